The van der Waals surface area contributed by atoms with Gasteiger partial charge in [-0.1, -0.05) is 22.9 Å². The SMILES string of the molecule is Cn1cc(-c2ccc(Cl)c(O)c2)nn1. The van der Waals surface area contributed by atoms with Crippen LogP contribution in [0.5, 0.6) is 5.75 Å². The quantitative estimate of drug-likeness (QED) is 0.780. The highest BCUT2D eigenvalue weighted by molar-refractivity contribution is 6.32. The van der Waals surface area contributed by atoms with Crippen LogP contribution in [-0.2, 0) is 7.05 Å². The Balaban J connectivity index is 2.47. The fraction of sp³-hybridized carbons (Fsp3) is 0.111. The molecule has 0 amide bonds. The van der Waals surface area contributed by atoms with Gasteiger partial charge in [0.25, 0.3) is 0 Å². The summed E-state index contributed by atoms with van der Waals surface area (Å²) in [6, 6.07) is 4.97. The van der Waals surface area contributed by atoms with Crippen LogP contribution < -0.4 is 0 Å². The van der Waals surface area contributed by atoms with Gasteiger partial charge in [-0.05, 0) is 12.1 Å². The lowest BCUT2D eigenvalue weighted by Gasteiger charge is -1.98. The number of halogens is 1. The Morgan fingerprint density at radius 1 is 1.43 bits per heavy atom. The second-order valence-electron chi connectivity index (χ2n) is 2.94. The Hall–Kier alpha value is -1.55. The van der Waals surface area contributed by atoms with Gasteiger partial charge in [0.05, 0.1) is 11.2 Å². The second kappa shape index (κ2) is 3.31. The number of rotatable bonds is 1. The molecule has 0 radical (unpaired) electrons. The Morgan fingerprint density at radius 2 is 2.21 bits per heavy atom. The van der Waals surface area contributed by atoms with Gasteiger partial charge in [0.15, 0.2) is 0 Å². The maximum absolute atomic E-state index is 9.38. The standard InChI is InChI=1S/C9H8ClN3O/c1-13-5-8(11-12-13)6-2-3-7(10)9(14)4-6/h2-5,14H,1H3. The van der Waals surface area contributed by atoms with Gasteiger partial charge in [0.1, 0.15) is 11.4 Å². The number of hydrogen-bond donors (Lipinski definition) is 1. The molecule has 5 heteroatoms. The molecular weight excluding hydrogens is 202 g/mol. The fourth-order valence-electron chi connectivity index (χ4n) is 1.15. The summed E-state index contributed by atoms with van der Waals surface area (Å²) >= 11 is 5.68. The van der Waals surface area contributed by atoms with Gasteiger partial charge in [-0.15, -0.1) is 5.10 Å². The molecule has 14 heavy (non-hydrogen) atoms. The summed E-state index contributed by atoms with van der Waals surface area (Å²) in [4.78, 5) is 0. The maximum atomic E-state index is 9.38. The van der Waals surface area contributed by atoms with Gasteiger partial charge in [0.2, 0.25) is 0 Å². The molecule has 0 bridgehead atoms. The number of aromatic hydroxyl groups is 1. The highest BCUT2D eigenvalue weighted by Gasteiger charge is 2.05. The van der Waals surface area contributed by atoms with E-state index in [1.54, 1.807) is 36.1 Å². The third-order valence-corrected chi connectivity index (χ3v) is 2.16. The summed E-state index contributed by atoms with van der Waals surface area (Å²) in [7, 11) is 1.78. The van der Waals surface area contributed by atoms with Crippen molar-refractivity contribution in [1.29, 1.82) is 0 Å². The molecule has 0 saturated carbocycles. The molecule has 0 aliphatic rings. The number of phenols is 1. The summed E-state index contributed by atoms with van der Waals surface area (Å²) in [5, 5.41) is 17.4. The molecule has 1 aromatic heterocycles. The largest absolute Gasteiger partial charge is 0.506 e. The van der Waals surface area contributed by atoms with Crippen molar-refractivity contribution in [2.24, 2.45) is 7.05 Å². The Kier molecular flexibility index (Phi) is 2.13. The van der Waals surface area contributed by atoms with Gasteiger partial charge in [0, 0.05) is 12.6 Å². The topological polar surface area (TPSA) is 50.9 Å². The van der Waals surface area contributed by atoms with Crippen LogP contribution in [0, 0.1) is 0 Å². The molecule has 72 valence electrons. The second-order valence-corrected chi connectivity index (χ2v) is 3.35. The van der Waals surface area contributed by atoms with E-state index in [0.29, 0.717) is 10.7 Å². The molecule has 0 aliphatic heterocycles. The zero-order valence-electron chi connectivity index (χ0n) is 7.48. The molecule has 2 aromatic rings. The third-order valence-electron chi connectivity index (χ3n) is 1.84. The number of benzene rings is 1. The van der Waals surface area contributed by atoms with E-state index >= 15 is 0 Å². The number of hydrogen-bond acceptors (Lipinski definition) is 3. The van der Waals surface area contributed by atoms with E-state index in [0.717, 1.165) is 5.56 Å². The predicted molar refractivity (Wildman–Crippen MR) is 53.1 cm³/mol. The van der Waals surface area contributed by atoms with Gasteiger partial charge < -0.3 is 5.11 Å². The minimum Gasteiger partial charge on any atom is -0.506 e. The maximum Gasteiger partial charge on any atom is 0.134 e. The molecule has 0 aliphatic carbocycles. The lowest BCUT2D eigenvalue weighted by Crippen LogP contribution is -1.85. The van der Waals surface area contributed by atoms with Crippen molar-refractivity contribution in [3.63, 3.8) is 0 Å². The normalized spacial score (nSPS) is 10.4. The van der Waals surface area contributed by atoms with Gasteiger partial charge in [-0.2, -0.15) is 0 Å². The number of aromatic nitrogens is 3. The average Bonchev–Trinajstić information content (AvgIpc) is 2.57. The lowest BCUT2D eigenvalue weighted by atomic mass is 10.1. The Labute approximate surface area is 85.7 Å². The Bertz CT molecular complexity index is 467. The zero-order chi connectivity index (χ0) is 10.1. The average molecular weight is 210 g/mol. The number of phenolic OH excluding ortho intramolecular Hbond substituents is 1. The smallest absolute Gasteiger partial charge is 0.134 e. The Morgan fingerprint density at radius 3 is 2.79 bits per heavy atom. The molecular formula is C9H8ClN3O. The van der Waals surface area contributed by atoms with E-state index in [4.69, 9.17) is 11.6 Å². The summed E-state index contributed by atoms with van der Waals surface area (Å²) in [6.07, 6.45) is 1.77. The molecule has 0 atom stereocenters. The molecule has 0 fully saturated rings. The molecule has 1 N–H and O–H groups in total. The third kappa shape index (κ3) is 1.56. The van der Waals surface area contributed by atoms with Crippen molar-refractivity contribution in [3.05, 3.63) is 29.4 Å². The van der Waals surface area contributed by atoms with Crippen LogP contribution in [0.4, 0.5) is 0 Å². The molecule has 0 unspecified atom stereocenters. The minimum atomic E-state index is 0.0508. The highest BCUT2D eigenvalue weighted by atomic mass is 35.5. The van der Waals surface area contributed by atoms with Crippen molar-refractivity contribution in [2.45, 2.75) is 0 Å². The zero-order valence-corrected chi connectivity index (χ0v) is 8.23. The van der Waals surface area contributed by atoms with E-state index in [2.05, 4.69) is 10.3 Å². The molecule has 0 saturated heterocycles. The highest BCUT2D eigenvalue weighted by Crippen LogP contribution is 2.28. The van der Waals surface area contributed by atoms with Crippen LogP contribution >= 0.6 is 11.6 Å². The monoisotopic (exact) mass is 209 g/mol. The van der Waals surface area contributed by atoms with Gasteiger partial charge in [-0.3, -0.25) is 4.68 Å². The van der Waals surface area contributed by atoms with Gasteiger partial charge in [-0.25, -0.2) is 0 Å². The lowest BCUT2D eigenvalue weighted by molar-refractivity contribution is 0.476. The summed E-state index contributed by atoms with van der Waals surface area (Å²) in [5.74, 6) is 0.0508. The van der Waals surface area contributed by atoms with E-state index in [-0.39, 0.29) is 5.75 Å². The first-order valence-corrected chi connectivity index (χ1v) is 4.40. The van der Waals surface area contributed by atoms with Crippen molar-refractivity contribution < 1.29 is 5.11 Å². The van der Waals surface area contributed by atoms with Crippen molar-refractivity contribution >= 4 is 11.6 Å². The van der Waals surface area contributed by atoms with E-state index in [1.165, 1.54) is 0 Å². The summed E-state index contributed by atoms with van der Waals surface area (Å²) < 4.78 is 1.60. The van der Waals surface area contributed by atoms with Crippen molar-refractivity contribution in [1.82, 2.24) is 15.0 Å². The molecule has 1 aromatic carbocycles. The summed E-state index contributed by atoms with van der Waals surface area (Å²) in [5.41, 5.74) is 1.50. The molecule has 1 heterocycles. The molecule has 4 nitrogen and oxygen atoms in total. The van der Waals surface area contributed by atoms with E-state index in [1.807, 2.05) is 0 Å². The van der Waals surface area contributed by atoms with Crippen molar-refractivity contribution in [3.8, 4) is 17.0 Å². The van der Waals surface area contributed by atoms with Crippen LogP contribution in [-0.4, -0.2) is 20.1 Å². The molecule has 0 spiro atoms. The minimum absolute atomic E-state index is 0.0508. The van der Waals surface area contributed by atoms with Crippen molar-refractivity contribution in [2.75, 3.05) is 0 Å². The van der Waals surface area contributed by atoms with Gasteiger partial charge >= 0.3 is 0 Å². The van der Waals surface area contributed by atoms with E-state index < -0.39 is 0 Å². The van der Waals surface area contributed by atoms with Crippen LogP contribution in [0.25, 0.3) is 11.3 Å². The van der Waals surface area contributed by atoms with Crippen LogP contribution in [0.1, 0.15) is 0 Å². The van der Waals surface area contributed by atoms with E-state index in [9.17, 15) is 5.11 Å². The fourth-order valence-corrected chi connectivity index (χ4v) is 1.27. The first kappa shape index (κ1) is 9.02. The number of aryl methyl sites for hydroxylation is 1. The number of nitrogens with zero attached hydrogens (tertiary/aromatic N) is 3. The first-order valence-electron chi connectivity index (χ1n) is 4.02. The predicted octanol–water partition coefficient (Wildman–Crippen LogP) is 1.84. The van der Waals surface area contributed by atoms with Crippen LogP contribution in [0.2, 0.25) is 5.02 Å². The first-order chi connectivity index (χ1) is 6.66. The van der Waals surface area contributed by atoms with Crippen LogP contribution in [0.3, 0.4) is 0 Å². The summed E-state index contributed by atoms with van der Waals surface area (Å²) in [6.45, 7) is 0. The van der Waals surface area contributed by atoms with Crippen LogP contribution in [0.15, 0.2) is 24.4 Å². The molecule has 2 rings (SSSR count).